The summed E-state index contributed by atoms with van der Waals surface area (Å²) in [5, 5.41) is 17.7. The van der Waals surface area contributed by atoms with E-state index in [0.717, 1.165) is 17.7 Å². The van der Waals surface area contributed by atoms with Crippen molar-refractivity contribution in [1.29, 1.82) is 0 Å². The predicted octanol–water partition coefficient (Wildman–Crippen LogP) is 1.33. The zero-order valence-electron chi connectivity index (χ0n) is 8.31. The van der Waals surface area contributed by atoms with Crippen molar-refractivity contribution in [1.82, 2.24) is 0 Å². The Morgan fingerprint density at radius 3 is 2.29 bits per heavy atom. The van der Waals surface area contributed by atoms with Gasteiger partial charge in [-0.05, 0) is 24.1 Å². The molecular weight excluding hydrogens is 180 g/mol. The van der Waals surface area contributed by atoms with Crippen LogP contribution in [0.25, 0.3) is 0 Å². The van der Waals surface area contributed by atoms with Gasteiger partial charge < -0.3 is 14.9 Å². The maximum Gasteiger partial charge on any atom is 0.121 e. The van der Waals surface area contributed by atoms with E-state index >= 15 is 0 Å². The Morgan fingerprint density at radius 1 is 1.21 bits per heavy atom. The fourth-order valence-corrected chi connectivity index (χ4v) is 1.12. The van der Waals surface area contributed by atoms with E-state index in [4.69, 9.17) is 14.9 Å². The Kier molecular flexibility index (Phi) is 4.43. The molecule has 3 nitrogen and oxygen atoms in total. The van der Waals surface area contributed by atoms with Crippen LogP contribution in [0.5, 0.6) is 5.75 Å². The van der Waals surface area contributed by atoms with E-state index in [-0.39, 0.29) is 19.3 Å². The van der Waals surface area contributed by atoms with E-state index in [1.807, 2.05) is 6.92 Å². The molecule has 3 heteroatoms. The summed E-state index contributed by atoms with van der Waals surface area (Å²) >= 11 is 0. The number of hydrogen-bond donors (Lipinski definition) is 2. The van der Waals surface area contributed by atoms with Crippen molar-refractivity contribution in [3.63, 3.8) is 0 Å². The minimum Gasteiger partial charge on any atom is -0.488 e. The third kappa shape index (κ3) is 3.01. The summed E-state index contributed by atoms with van der Waals surface area (Å²) in [6.07, 6.45) is 0.633. The average molecular weight is 196 g/mol. The number of rotatable bonds is 5. The molecule has 0 radical (unpaired) electrons. The van der Waals surface area contributed by atoms with Crippen LogP contribution in [0.3, 0.4) is 0 Å². The molecule has 1 aromatic rings. The Bertz CT molecular complexity index is 252. The molecule has 0 aliphatic heterocycles. The van der Waals surface area contributed by atoms with Gasteiger partial charge in [0.15, 0.2) is 0 Å². The molecule has 1 rings (SSSR count). The molecule has 0 aromatic heterocycles. The first kappa shape index (κ1) is 11.0. The lowest BCUT2D eigenvalue weighted by atomic mass is 10.2. The van der Waals surface area contributed by atoms with E-state index in [1.165, 1.54) is 0 Å². The van der Waals surface area contributed by atoms with Gasteiger partial charge in [-0.15, -0.1) is 0 Å². The van der Waals surface area contributed by atoms with Crippen molar-refractivity contribution >= 4 is 0 Å². The van der Waals surface area contributed by atoms with Crippen molar-refractivity contribution in [2.24, 2.45) is 0 Å². The SMILES string of the molecule is CCC(CO)Oc1ccc(CO)cc1. The van der Waals surface area contributed by atoms with Crippen LogP contribution < -0.4 is 4.74 Å². The van der Waals surface area contributed by atoms with Gasteiger partial charge in [-0.25, -0.2) is 0 Å². The highest BCUT2D eigenvalue weighted by molar-refractivity contribution is 5.26. The van der Waals surface area contributed by atoms with E-state index < -0.39 is 0 Å². The Hall–Kier alpha value is -1.06. The molecule has 0 heterocycles. The molecule has 78 valence electrons. The number of ether oxygens (including phenoxy) is 1. The second-order valence-corrected chi connectivity index (χ2v) is 3.13. The van der Waals surface area contributed by atoms with E-state index in [1.54, 1.807) is 24.3 Å². The van der Waals surface area contributed by atoms with Gasteiger partial charge in [0.25, 0.3) is 0 Å². The Balaban J connectivity index is 2.58. The van der Waals surface area contributed by atoms with Crippen molar-refractivity contribution in [3.05, 3.63) is 29.8 Å². The molecule has 0 aliphatic carbocycles. The molecule has 0 amide bonds. The van der Waals surface area contributed by atoms with Gasteiger partial charge in [-0.2, -0.15) is 0 Å². The van der Waals surface area contributed by atoms with Gasteiger partial charge in [-0.3, -0.25) is 0 Å². The number of hydrogen-bond acceptors (Lipinski definition) is 3. The summed E-state index contributed by atoms with van der Waals surface area (Å²) in [6, 6.07) is 7.20. The molecule has 14 heavy (non-hydrogen) atoms. The lowest BCUT2D eigenvalue weighted by molar-refractivity contribution is 0.112. The summed E-state index contributed by atoms with van der Waals surface area (Å²) in [6.45, 7) is 2.03. The highest BCUT2D eigenvalue weighted by Gasteiger charge is 2.05. The van der Waals surface area contributed by atoms with Gasteiger partial charge in [0.1, 0.15) is 11.9 Å². The molecule has 0 saturated carbocycles. The number of aliphatic hydroxyl groups is 2. The summed E-state index contributed by atoms with van der Waals surface area (Å²) in [7, 11) is 0. The molecule has 0 spiro atoms. The van der Waals surface area contributed by atoms with Crippen LogP contribution in [0, 0.1) is 0 Å². The second kappa shape index (κ2) is 5.62. The first-order valence-corrected chi connectivity index (χ1v) is 4.77. The van der Waals surface area contributed by atoms with Crippen LogP contribution in [0.4, 0.5) is 0 Å². The summed E-state index contributed by atoms with van der Waals surface area (Å²) in [5.41, 5.74) is 0.856. The standard InChI is InChI=1S/C11H16O3/c1-2-10(8-13)14-11-5-3-9(7-12)4-6-11/h3-6,10,12-13H,2,7-8H2,1H3. The highest BCUT2D eigenvalue weighted by atomic mass is 16.5. The average Bonchev–Trinajstić information content (AvgIpc) is 2.26. The Labute approximate surface area is 84.0 Å². The molecule has 1 aromatic carbocycles. The molecular formula is C11H16O3. The molecule has 0 aliphatic rings. The van der Waals surface area contributed by atoms with Gasteiger partial charge in [-0.1, -0.05) is 19.1 Å². The second-order valence-electron chi connectivity index (χ2n) is 3.13. The van der Waals surface area contributed by atoms with Gasteiger partial charge in [0.2, 0.25) is 0 Å². The van der Waals surface area contributed by atoms with Crippen molar-refractivity contribution in [2.75, 3.05) is 6.61 Å². The van der Waals surface area contributed by atoms with Gasteiger partial charge in [0.05, 0.1) is 13.2 Å². The summed E-state index contributed by atoms with van der Waals surface area (Å²) in [5.74, 6) is 0.725. The zero-order chi connectivity index (χ0) is 10.4. The third-order valence-corrected chi connectivity index (χ3v) is 2.07. The van der Waals surface area contributed by atoms with Gasteiger partial charge in [0, 0.05) is 0 Å². The highest BCUT2D eigenvalue weighted by Crippen LogP contribution is 2.14. The first-order valence-electron chi connectivity index (χ1n) is 4.77. The maximum absolute atomic E-state index is 8.92. The minimum atomic E-state index is -0.144. The molecule has 0 fully saturated rings. The van der Waals surface area contributed by atoms with Crippen LogP contribution in [0.2, 0.25) is 0 Å². The Morgan fingerprint density at radius 2 is 1.86 bits per heavy atom. The van der Waals surface area contributed by atoms with E-state index in [2.05, 4.69) is 0 Å². The fraction of sp³-hybridized carbons (Fsp3) is 0.455. The lowest BCUT2D eigenvalue weighted by Crippen LogP contribution is -2.19. The molecule has 2 N–H and O–H groups in total. The van der Waals surface area contributed by atoms with E-state index in [9.17, 15) is 0 Å². The molecule has 1 atom stereocenters. The van der Waals surface area contributed by atoms with Crippen molar-refractivity contribution in [2.45, 2.75) is 26.1 Å². The van der Waals surface area contributed by atoms with Crippen LogP contribution in [0.1, 0.15) is 18.9 Å². The third-order valence-electron chi connectivity index (χ3n) is 2.07. The van der Waals surface area contributed by atoms with Crippen LogP contribution in [-0.2, 0) is 6.61 Å². The zero-order valence-corrected chi connectivity index (χ0v) is 8.31. The fourth-order valence-electron chi connectivity index (χ4n) is 1.12. The minimum absolute atomic E-state index is 0.0260. The van der Waals surface area contributed by atoms with Crippen LogP contribution in [0.15, 0.2) is 24.3 Å². The number of benzene rings is 1. The quantitative estimate of drug-likeness (QED) is 0.747. The topological polar surface area (TPSA) is 49.7 Å². The largest absolute Gasteiger partial charge is 0.488 e. The number of aliphatic hydroxyl groups excluding tert-OH is 2. The van der Waals surface area contributed by atoms with Crippen molar-refractivity contribution < 1.29 is 14.9 Å². The molecule has 0 saturated heterocycles. The van der Waals surface area contributed by atoms with E-state index in [0.29, 0.717) is 0 Å². The summed E-state index contributed by atoms with van der Waals surface area (Å²) in [4.78, 5) is 0. The first-order chi connectivity index (χ1) is 6.80. The monoisotopic (exact) mass is 196 g/mol. The maximum atomic E-state index is 8.92. The predicted molar refractivity (Wildman–Crippen MR) is 54.2 cm³/mol. The van der Waals surface area contributed by atoms with Crippen LogP contribution in [-0.4, -0.2) is 22.9 Å². The normalized spacial score (nSPS) is 12.5. The smallest absolute Gasteiger partial charge is 0.121 e. The van der Waals surface area contributed by atoms with Crippen molar-refractivity contribution in [3.8, 4) is 5.75 Å². The molecule has 0 bridgehead atoms. The molecule has 1 unspecified atom stereocenters. The lowest BCUT2D eigenvalue weighted by Gasteiger charge is -2.14. The van der Waals surface area contributed by atoms with Gasteiger partial charge >= 0.3 is 0 Å². The van der Waals surface area contributed by atoms with Crippen LogP contribution >= 0.6 is 0 Å². The summed E-state index contributed by atoms with van der Waals surface area (Å²) < 4.78 is 5.48.